The van der Waals surface area contributed by atoms with Crippen LogP contribution < -0.4 is 0 Å². The molecule has 0 saturated heterocycles. The summed E-state index contributed by atoms with van der Waals surface area (Å²) in [4.78, 5) is 22.0. The standard InChI is InChI=1S/C5H11NO4Si.CH3NOSi/c1-8-11(9-2,10-3)5-6-4-7;3-1-2-4/h5H2,1-3H3;4H3. The normalized spacial score (nSPS) is 9.27. The number of nitrogens with zero attached hydrogens (tertiary/aromatic N) is 2. The van der Waals surface area contributed by atoms with Gasteiger partial charge >= 0.3 is 8.80 Å². The highest BCUT2D eigenvalue weighted by Gasteiger charge is 2.37. The molecule has 9 heteroatoms. The van der Waals surface area contributed by atoms with Gasteiger partial charge in [0.15, 0.2) is 10.4 Å². The van der Waals surface area contributed by atoms with E-state index in [0.29, 0.717) is 10.4 Å². The Morgan fingerprint density at radius 3 is 1.73 bits per heavy atom. The van der Waals surface area contributed by atoms with Crippen LogP contribution in [0.2, 0.25) is 0 Å². The maximum absolute atomic E-state index is 9.76. The molecule has 0 aromatic carbocycles. The Labute approximate surface area is 92.0 Å². The minimum Gasteiger partial charge on any atom is -0.376 e. The van der Waals surface area contributed by atoms with Crippen molar-refractivity contribution in [1.82, 2.24) is 0 Å². The van der Waals surface area contributed by atoms with Crippen molar-refractivity contribution in [3.8, 4) is 0 Å². The molecule has 0 spiro atoms. The first kappa shape index (κ1) is 16.5. The summed E-state index contributed by atoms with van der Waals surface area (Å²) in [5.41, 5.74) is 0. The van der Waals surface area contributed by atoms with Crippen LogP contribution in [0.3, 0.4) is 0 Å². The second-order valence-corrected chi connectivity index (χ2v) is 5.37. The quantitative estimate of drug-likeness (QED) is 0.331. The Balaban J connectivity index is 0. The zero-order valence-corrected chi connectivity index (χ0v) is 12.1. The van der Waals surface area contributed by atoms with Crippen molar-refractivity contribution in [2.45, 2.75) is 0 Å². The summed E-state index contributed by atoms with van der Waals surface area (Å²) in [6.45, 7) is 0. The van der Waals surface area contributed by atoms with Crippen LogP contribution in [0.5, 0.6) is 0 Å². The Hall–Kier alpha value is -0.926. The van der Waals surface area contributed by atoms with E-state index in [-0.39, 0.29) is 6.17 Å². The maximum atomic E-state index is 9.76. The van der Waals surface area contributed by atoms with Gasteiger partial charge < -0.3 is 13.3 Å². The van der Waals surface area contributed by atoms with Crippen LogP contribution in [-0.4, -0.2) is 58.9 Å². The lowest BCUT2D eigenvalue weighted by atomic mass is 11.4. The Bertz CT molecular complexity index is 238. The molecule has 0 unspecified atom stereocenters. The second-order valence-electron chi connectivity index (χ2n) is 2.02. The van der Waals surface area contributed by atoms with E-state index < -0.39 is 8.80 Å². The fourth-order valence-electron chi connectivity index (χ4n) is 0.573. The number of isocyanates is 2. The summed E-state index contributed by atoms with van der Waals surface area (Å²) in [7, 11) is 2.30. The van der Waals surface area contributed by atoms with Crippen molar-refractivity contribution in [3.63, 3.8) is 0 Å². The van der Waals surface area contributed by atoms with Crippen molar-refractivity contribution >= 4 is 31.4 Å². The predicted octanol–water partition coefficient (Wildman–Crippen LogP) is -1.66. The first-order valence-electron chi connectivity index (χ1n) is 3.81. The van der Waals surface area contributed by atoms with Gasteiger partial charge in [-0.1, -0.05) is 0 Å². The number of carbonyl (C=O) groups excluding carboxylic acids is 2. The molecule has 0 aromatic heterocycles. The van der Waals surface area contributed by atoms with E-state index in [1.54, 1.807) is 0 Å². The number of rotatable bonds is 5. The Morgan fingerprint density at radius 1 is 1.13 bits per heavy atom. The monoisotopic (exact) mass is 250 g/mol. The van der Waals surface area contributed by atoms with E-state index in [1.807, 2.05) is 0 Å². The molecule has 0 aliphatic carbocycles. The van der Waals surface area contributed by atoms with Crippen molar-refractivity contribution in [1.29, 1.82) is 0 Å². The molecule has 0 fully saturated rings. The van der Waals surface area contributed by atoms with Gasteiger partial charge in [-0.05, 0) is 0 Å². The minimum absolute atomic E-state index is 0.111. The summed E-state index contributed by atoms with van der Waals surface area (Å²) in [5, 5.41) is 0. The molecule has 0 saturated carbocycles. The molecule has 7 nitrogen and oxygen atoms in total. The molecule has 0 amide bonds. The molecule has 15 heavy (non-hydrogen) atoms. The lowest BCUT2D eigenvalue weighted by Crippen LogP contribution is -2.46. The van der Waals surface area contributed by atoms with Gasteiger partial charge in [-0.2, -0.15) is 0 Å². The number of hydrogen-bond acceptors (Lipinski definition) is 7. The molecule has 86 valence electrons. The van der Waals surface area contributed by atoms with Gasteiger partial charge in [-0.25, -0.2) is 14.6 Å². The molecule has 0 bridgehead atoms. The molecule has 0 N–H and O–H groups in total. The van der Waals surface area contributed by atoms with Crippen LogP contribution in [0, 0.1) is 0 Å². The van der Waals surface area contributed by atoms with Crippen molar-refractivity contribution in [2.24, 2.45) is 9.65 Å². The third kappa shape index (κ3) is 8.09. The molecule has 0 aliphatic rings. The largest absolute Gasteiger partial charge is 0.523 e. The lowest BCUT2D eigenvalue weighted by Gasteiger charge is -2.21. The van der Waals surface area contributed by atoms with Gasteiger partial charge in [0, 0.05) is 21.3 Å². The van der Waals surface area contributed by atoms with Gasteiger partial charge in [-0.3, -0.25) is 4.66 Å². The minimum atomic E-state index is -2.67. The SMILES string of the molecule is CO[Si](CN=C=O)(OC)OC.O=C=N[SiH3]. The van der Waals surface area contributed by atoms with Crippen molar-refractivity contribution in [2.75, 3.05) is 27.5 Å². The van der Waals surface area contributed by atoms with Crippen LogP contribution in [0.4, 0.5) is 0 Å². The zero-order valence-electron chi connectivity index (χ0n) is 9.14. The highest BCUT2D eigenvalue weighted by Crippen LogP contribution is 2.04. The van der Waals surface area contributed by atoms with Crippen LogP contribution in [0.15, 0.2) is 9.65 Å². The molecule has 0 radical (unpaired) electrons. The van der Waals surface area contributed by atoms with E-state index >= 15 is 0 Å². The summed E-state index contributed by atoms with van der Waals surface area (Å²) < 4.78 is 17.9. The molecule has 0 atom stereocenters. The smallest absolute Gasteiger partial charge is 0.376 e. The van der Waals surface area contributed by atoms with E-state index in [9.17, 15) is 4.79 Å². The second kappa shape index (κ2) is 11.2. The fraction of sp³-hybridized carbons (Fsp3) is 0.667. The summed E-state index contributed by atoms with van der Waals surface area (Å²) >= 11 is 0. The lowest BCUT2D eigenvalue weighted by molar-refractivity contribution is 0.125. The van der Waals surface area contributed by atoms with Crippen molar-refractivity contribution in [3.05, 3.63) is 0 Å². The van der Waals surface area contributed by atoms with E-state index in [0.717, 1.165) is 0 Å². The van der Waals surface area contributed by atoms with Crippen LogP contribution in [0.1, 0.15) is 0 Å². The van der Waals surface area contributed by atoms with Gasteiger partial charge in [0.25, 0.3) is 0 Å². The van der Waals surface area contributed by atoms with Gasteiger partial charge in [0.1, 0.15) is 6.17 Å². The fourth-order valence-corrected chi connectivity index (χ4v) is 1.72. The summed E-state index contributed by atoms with van der Waals surface area (Å²) in [5.74, 6) is 0. The third-order valence-corrected chi connectivity index (χ3v) is 3.96. The summed E-state index contributed by atoms with van der Waals surface area (Å²) in [6, 6.07) is 0. The average Bonchev–Trinajstić information content (AvgIpc) is 2.32. The third-order valence-electron chi connectivity index (χ3n) is 1.36. The highest BCUT2D eigenvalue weighted by atomic mass is 28.4. The Kier molecular flexibility index (Phi) is 12.3. The van der Waals surface area contributed by atoms with Gasteiger partial charge in [0.2, 0.25) is 12.2 Å². The number of hydrogen-bond donors (Lipinski definition) is 0. The first-order valence-corrected chi connectivity index (χ1v) is 6.64. The van der Waals surface area contributed by atoms with Crippen LogP contribution in [0.25, 0.3) is 0 Å². The van der Waals surface area contributed by atoms with Crippen molar-refractivity contribution < 1.29 is 22.9 Å². The molecular formula is C6H14N2O5Si2. The van der Waals surface area contributed by atoms with E-state index in [1.165, 1.54) is 33.5 Å². The Morgan fingerprint density at radius 2 is 1.53 bits per heavy atom. The molecule has 0 rings (SSSR count). The first-order chi connectivity index (χ1) is 7.16. The zero-order chi connectivity index (χ0) is 12.2. The summed E-state index contributed by atoms with van der Waals surface area (Å²) in [6.07, 6.45) is 2.87. The molecule has 0 aromatic rings. The topological polar surface area (TPSA) is 86.5 Å². The van der Waals surface area contributed by atoms with Gasteiger partial charge in [0.05, 0.1) is 0 Å². The molecule has 0 aliphatic heterocycles. The predicted molar refractivity (Wildman–Crippen MR) is 57.8 cm³/mol. The average molecular weight is 250 g/mol. The highest BCUT2D eigenvalue weighted by molar-refractivity contribution is 6.60. The van der Waals surface area contributed by atoms with E-state index in [4.69, 9.17) is 18.1 Å². The maximum Gasteiger partial charge on any atom is 0.523 e. The van der Waals surface area contributed by atoms with Gasteiger partial charge in [-0.15, -0.1) is 0 Å². The van der Waals surface area contributed by atoms with Crippen LogP contribution >= 0.6 is 0 Å². The molecular weight excluding hydrogens is 236 g/mol. The molecule has 0 heterocycles. The van der Waals surface area contributed by atoms with E-state index in [2.05, 4.69) is 9.65 Å². The van der Waals surface area contributed by atoms with Crippen LogP contribution in [-0.2, 0) is 22.9 Å². The number of aliphatic imine (C=N–C) groups is 1.